The average Bonchev–Trinajstić information content (AvgIpc) is 3.37. The summed E-state index contributed by atoms with van der Waals surface area (Å²) < 4.78 is 6.39. The molecule has 4 rings (SSSR count). The summed E-state index contributed by atoms with van der Waals surface area (Å²) in [5.41, 5.74) is 0.0725. The number of hydrogen-bond acceptors (Lipinski definition) is 5. The van der Waals surface area contributed by atoms with Gasteiger partial charge >= 0.3 is 0 Å². The zero-order chi connectivity index (χ0) is 24.1. The Morgan fingerprint density at radius 1 is 1.39 bits per heavy atom. The van der Waals surface area contributed by atoms with E-state index in [1.807, 2.05) is 19.9 Å². The van der Waals surface area contributed by atoms with Crippen molar-refractivity contribution in [3.8, 4) is 0 Å². The van der Waals surface area contributed by atoms with Crippen LogP contribution in [0.15, 0.2) is 18.2 Å². The van der Waals surface area contributed by atoms with Gasteiger partial charge in [0.25, 0.3) is 0 Å². The third-order valence-electron chi connectivity index (χ3n) is 7.04. The number of halogens is 2. The summed E-state index contributed by atoms with van der Waals surface area (Å²) in [6.45, 7) is 5.64. The number of ether oxygens (including phenoxy) is 1. The highest BCUT2D eigenvalue weighted by atomic mass is 79.9. The molecule has 3 unspecified atom stereocenters. The maximum absolute atomic E-state index is 13.7. The highest BCUT2D eigenvalue weighted by Gasteiger charge is 2.76. The molecule has 1 spiro atoms. The van der Waals surface area contributed by atoms with Crippen molar-refractivity contribution in [2.24, 2.45) is 11.8 Å². The van der Waals surface area contributed by atoms with Crippen molar-refractivity contribution in [1.82, 2.24) is 10.2 Å². The normalized spacial score (nSPS) is 33.2. The third kappa shape index (κ3) is 3.77. The van der Waals surface area contributed by atoms with Gasteiger partial charge in [-0.2, -0.15) is 0 Å². The number of carbonyl (C=O) groups is 3. The number of aryl methyl sites for hydroxylation is 1. The summed E-state index contributed by atoms with van der Waals surface area (Å²) in [5.74, 6) is -2.55. The molecule has 2 bridgehead atoms. The number of likely N-dealkylation sites (tertiary alicyclic amines) is 1. The highest BCUT2D eigenvalue weighted by Crippen LogP contribution is 2.60. The summed E-state index contributed by atoms with van der Waals surface area (Å²) >= 11 is 9.96. The fraction of sp³-hybridized carbons (Fsp3) is 0.609. The number of aliphatic hydroxyl groups excluding tert-OH is 1. The first kappa shape index (κ1) is 24.4. The zero-order valence-corrected chi connectivity index (χ0v) is 21.1. The number of anilines is 1. The number of aliphatic hydroxyl groups is 1. The first-order valence-corrected chi connectivity index (χ1v) is 12.6. The van der Waals surface area contributed by atoms with Gasteiger partial charge in [-0.25, -0.2) is 0 Å². The molecule has 3 amide bonds. The number of hydrogen-bond donors (Lipinski definition) is 3. The zero-order valence-electron chi connectivity index (χ0n) is 18.8. The Kier molecular flexibility index (Phi) is 6.79. The van der Waals surface area contributed by atoms with E-state index in [9.17, 15) is 19.5 Å². The van der Waals surface area contributed by atoms with Gasteiger partial charge in [0.2, 0.25) is 17.7 Å². The van der Waals surface area contributed by atoms with Crippen molar-refractivity contribution in [3.05, 3.63) is 28.8 Å². The van der Waals surface area contributed by atoms with E-state index in [0.29, 0.717) is 23.7 Å². The number of rotatable bonds is 7. The summed E-state index contributed by atoms with van der Waals surface area (Å²) in [6.07, 6.45) is 0.654. The number of alkyl halides is 1. The predicted octanol–water partition coefficient (Wildman–Crippen LogP) is 2.24. The molecule has 3 aliphatic rings. The van der Waals surface area contributed by atoms with Gasteiger partial charge in [0.05, 0.1) is 41.3 Å². The van der Waals surface area contributed by atoms with Crippen LogP contribution in [0.2, 0.25) is 5.02 Å². The molecule has 3 aliphatic heterocycles. The monoisotopic (exact) mass is 541 g/mol. The van der Waals surface area contributed by atoms with E-state index in [0.717, 1.165) is 12.0 Å². The SMILES string of the molecule is CCCNC(=O)[C@H]1[C@H]2C(=O)N([C@H](C)CO)C(C(=O)Nc3c(C)cccc3Cl)C23CC(Br)[C@@H]1O3. The number of benzene rings is 1. The van der Waals surface area contributed by atoms with Crippen molar-refractivity contribution in [2.75, 3.05) is 18.5 Å². The van der Waals surface area contributed by atoms with Crippen molar-refractivity contribution in [1.29, 1.82) is 0 Å². The predicted molar refractivity (Wildman–Crippen MR) is 127 cm³/mol. The molecular formula is C23H29BrClN3O5. The van der Waals surface area contributed by atoms with E-state index in [1.54, 1.807) is 19.1 Å². The second kappa shape index (κ2) is 9.17. The molecule has 0 aromatic heterocycles. The number of nitrogens with one attached hydrogen (secondary N) is 2. The van der Waals surface area contributed by atoms with E-state index in [4.69, 9.17) is 16.3 Å². The van der Waals surface area contributed by atoms with E-state index in [2.05, 4.69) is 26.6 Å². The lowest BCUT2D eigenvalue weighted by atomic mass is 9.70. The summed E-state index contributed by atoms with van der Waals surface area (Å²) in [7, 11) is 0. The van der Waals surface area contributed by atoms with E-state index >= 15 is 0 Å². The van der Waals surface area contributed by atoms with Crippen LogP contribution in [0.1, 0.15) is 32.3 Å². The molecule has 0 saturated carbocycles. The van der Waals surface area contributed by atoms with Gasteiger partial charge in [0.1, 0.15) is 11.6 Å². The highest BCUT2D eigenvalue weighted by molar-refractivity contribution is 9.09. The molecule has 3 N–H and O–H groups in total. The number of carbonyl (C=O) groups excluding carboxylic acids is 3. The smallest absolute Gasteiger partial charge is 0.250 e. The lowest BCUT2D eigenvalue weighted by Crippen LogP contribution is -2.56. The molecule has 0 aliphatic carbocycles. The van der Waals surface area contributed by atoms with Crippen LogP contribution in [0.5, 0.6) is 0 Å². The molecule has 1 aromatic rings. The molecule has 3 heterocycles. The van der Waals surface area contributed by atoms with Crippen LogP contribution in [0.25, 0.3) is 0 Å². The number of para-hydroxylation sites is 1. The van der Waals surface area contributed by atoms with Gasteiger partial charge in [-0.05, 0) is 38.3 Å². The number of nitrogens with zero attached hydrogens (tertiary/aromatic N) is 1. The van der Waals surface area contributed by atoms with Crippen molar-refractivity contribution in [2.45, 2.75) is 62.2 Å². The van der Waals surface area contributed by atoms with Crippen molar-refractivity contribution < 1.29 is 24.2 Å². The van der Waals surface area contributed by atoms with Crippen LogP contribution >= 0.6 is 27.5 Å². The Balaban J connectivity index is 1.75. The molecule has 0 radical (unpaired) electrons. The van der Waals surface area contributed by atoms with Gasteiger partial charge in [-0.15, -0.1) is 0 Å². The number of amides is 3. The van der Waals surface area contributed by atoms with Crippen LogP contribution in [0.4, 0.5) is 5.69 Å². The van der Waals surface area contributed by atoms with Crippen LogP contribution in [-0.2, 0) is 19.1 Å². The Morgan fingerprint density at radius 2 is 2.12 bits per heavy atom. The Labute approximate surface area is 206 Å². The standard InChI is InChI=1S/C23H29BrClN3O5/c1-4-8-26-20(30)15-16-22(32)28(12(3)10-29)19(23(16)9-13(24)18(15)33-23)21(31)27-17-11(2)6-5-7-14(17)25/h5-7,12-13,15-16,18-19,29H,4,8-10H2,1-3H3,(H,26,30)(H,27,31)/t12-,13?,15+,16+,18+,19?,23?/m1/s1. The average molecular weight is 543 g/mol. The fourth-order valence-electron chi connectivity index (χ4n) is 5.58. The minimum Gasteiger partial charge on any atom is -0.394 e. The van der Waals surface area contributed by atoms with Gasteiger partial charge in [0, 0.05) is 11.4 Å². The fourth-order valence-corrected chi connectivity index (χ4v) is 6.79. The summed E-state index contributed by atoms with van der Waals surface area (Å²) in [6, 6.07) is 3.66. The lowest BCUT2D eigenvalue weighted by Gasteiger charge is -2.36. The maximum Gasteiger partial charge on any atom is 0.250 e. The molecule has 3 saturated heterocycles. The molecule has 7 atom stereocenters. The molecule has 8 nitrogen and oxygen atoms in total. The van der Waals surface area contributed by atoms with E-state index in [1.165, 1.54) is 4.90 Å². The topological polar surface area (TPSA) is 108 Å². The Bertz CT molecular complexity index is 957. The van der Waals surface area contributed by atoms with E-state index < -0.39 is 41.5 Å². The molecule has 10 heteroatoms. The molecular weight excluding hydrogens is 514 g/mol. The molecule has 180 valence electrons. The quantitative estimate of drug-likeness (QED) is 0.458. The van der Waals surface area contributed by atoms with Crippen LogP contribution in [0, 0.1) is 18.8 Å². The largest absolute Gasteiger partial charge is 0.394 e. The second-order valence-electron chi connectivity index (χ2n) is 9.15. The second-order valence-corrected chi connectivity index (χ2v) is 10.7. The Hall–Kier alpha value is -1.68. The molecule has 3 fully saturated rings. The first-order chi connectivity index (χ1) is 15.7. The van der Waals surface area contributed by atoms with Gasteiger partial charge < -0.3 is 25.4 Å². The summed E-state index contributed by atoms with van der Waals surface area (Å²) in [4.78, 5) is 41.7. The van der Waals surface area contributed by atoms with Gasteiger partial charge in [-0.3, -0.25) is 14.4 Å². The van der Waals surface area contributed by atoms with Crippen LogP contribution in [0.3, 0.4) is 0 Å². The molecule has 33 heavy (non-hydrogen) atoms. The Morgan fingerprint density at radius 3 is 2.76 bits per heavy atom. The maximum atomic E-state index is 13.7. The minimum atomic E-state index is -1.17. The van der Waals surface area contributed by atoms with Crippen molar-refractivity contribution >= 4 is 50.9 Å². The third-order valence-corrected chi connectivity index (χ3v) is 8.20. The summed E-state index contributed by atoms with van der Waals surface area (Å²) in [5, 5.41) is 16.1. The van der Waals surface area contributed by atoms with Gasteiger partial charge in [0.15, 0.2) is 0 Å². The number of fused-ring (bicyclic) bond motifs is 1. The lowest BCUT2D eigenvalue weighted by molar-refractivity contribution is -0.143. The van der Waals surface area contributed by atoms with Crippen LogP contribution < -0.4 is 10.6 Å². The van der Waals surface area contributed by atoms with Gasteiger partial charge in [-0.1, -0.05) is 46.6 Å². The van der Waals surface area contributed by atoms with Crippen LogP contribution in [-0.4, -0.2) is 69.5 Å². The van der Waals surface area contributed by atoms with E-state index in [-0.39, 0.29) is 23.2 Å². The molecule has 1 aromatic carbocycles. The minimum absolute atomic E-state index is 0.180. The first-order valence-electron chi connectivity index (χ1n) is 11.3. The van der Waals surface area contributed by atoms with Crippen molar-refractivity contribution in [3.63, 3.8) is 0 Å².